The number of halogens is 1. The van der Waals surface area contributed by atoms with Crippen LogP contribution in [0.1, 0.15) is 23.1 Å². The van der Waals surface area contributed by atoms with Gasteiger partial charge in [0, 0.05) is 11.0 Å². The summed E-state index contributed by atoms with van der Waals surface area (Å²) in [4.78, 5) is 0. The summed E-state index contributed by atoms with van der Waals surface area (Å²) in [5.74, 6) is 0. The van der Waals surface area contributed by atoms with Gasteiger partial charge < -0.3 is 5.73 Å². The van der Waals surface area contributed by atoms with Gasteiger partial charge >= 0.3 is 0 Å². The van der Waals surface area contributed by atoms with Crippen molar-refractivity contribution in [2.45, 2.75) is 20.3 Å². The Morgan fingerprint density at radius 1 is 1.29 bits per heavy atom. The molecule has 2 N–H and O–H groups in total. The van der Waals surface area contributed by atoms with E-state index >= 15 is 0 Å². The van der Waals surface area contributed by atoms with Crippen molar-refractivity contribution in [3.05, 3.63) is 34.9 Å². The first kappa shape index (κ1) is 11.3. The van der Waals surface area contributed by atoms with Gasteiger partial charge in [0.05, 0.1) is 0 Å². The van der Waals surface area contributed by atoms with Gasteiger partial charge in [-0.1, -0.05) is 28.1 Å². The van der Waals surface area contributed by atoms with Crippen molar-refractivity contribution in [2.75, 3.05) is 11.1 Å². The molecule has 0 heterocycles. The molecule has 1 aromatic carbocycles. The Labute approximate surface area is 94.1 Å². The molecule has 0 aliphatic carbocycles. The summed E-state index contributed by atoms with van der Waals surface area (Å²) in [5, 5.41) is 1.01. The fourth-order valence-corrected chi connectivity index (χ4v) is 1.58. The van der Waals surface area contributed by atoms with E-state index in [1.54, 1.807) is 0 Å². The first-order chi connectivity index (χ1) is 6.65. The zero-order chi connectivity index (χ0) is 10.6. The van der Waals surface area contributed by atoms with Crippen LogP contribution in [0.4, 0.5) is 5.69 Å². The van der Waals surface area contributed by atoms with E-state index in [1.165, 1.54) is 11.1 Å². The van der Waals surface area contributed by atoms with Crippen molar-refractivity contribution in [2.24, 2.45) is 0 Å². The third-order valence-electron chi connectivity index (χ3n) is 2.23. The number of hydrogen-bond acceptors (Lipinski definition) is 1. The number of nitrogens with two attached hydrogens (primary N) is 1. The molecular formula is C12H16BrN. The van der Waals surface area contributed by atoms with Gasteiger partial charge in [-0.15, -0.1) is 0 Å². The summed E-state index contributed by atoms with van der Waals surface area (Å²) in [7, 11) is 0. The van der Waals surface area contributed by atoms with E-state index in [4.69, 9.17) is 5.73 Å². The Morgan fingerprint density at radius 3 is 2.64 bits per heavy atom. The Bertz CT molecular complexity index is 342. The monoisotopic (exact) mass is 253 g/mol. The molecular weight excluding hydrogens is 238 g/mol. The van der Waals surface area contributed by atoms with Crippen LogP contribution in [0, 0.1) is 13.8 Å². The third kappa shape index (κ3) is 2.88. The molecule has 0 saturated heterocycles. The molecule has 0 aliphatic rings. The van der Waals surface area contributed by atoms with E-state index < -0.39 is 0 Å². The Hall–Kier alpha value is -0.760. The zero-order valence-corrected chi connectivity index (χ0v) is 10.3. The number of allylic oxidation sites excluding steroid dienone is 1. The minimum atomic E-state index is 0.875. The van der Waals surface area contributed by atoms with E-state index in [1.807, 2.05) is 13.0 Å². The molecule has 0 amide bonds. The summed E-state index contributed by atoms with van der Waals surface area (Å²) in [5.41, 5.74) is 10.3. The number of nitrogen functional groups attached to an aromatic ring is 1. The Balaban J connectivity index is 2.92. The molecule has 1 rings (SSSR count). The van der Waals surface area contributed by atoms with Crippen LogP contribution < -0.4 is 5.73 Å². The molecule has 0 spiro atoms. The topological polar surface area (TPSA) is 26.0 Å². The van der Waals surface area contributed by atoms with Crippen molar-refractivity contribution in [1.29, 1.82) is 0 Å². The number of aryl methyl sites for hydroxylation is 2. The second-order valence-electron chi connectivity index (χ2n) is 3.45. The number of anilines is 1. The second-order valence-corrected chi connectivity index (χ2v) is 4.24. The van der Waals surface area contributed by atoms with Gasteiger partial charge in [0.25, 0.3) is 0 Å². The lowest BCUT2D eigenvalue weighted by atomic mass is 10.0. The molecule has 0 bridgehead atoms. The van der Waals surface area contributed by atoms with Gasteiger partial charge in [0.1, 0.15) is 0 Å². The number of rotatable bonds is 3. The Morgan fingerprint density at radius 2 is 2.00 bits per heavy atom. The van der Waals surface area contributed by atoms with E-state index in [0.29, 0.717) is 0 Å². The molecule has 0 fully saturated rings. The summed E-state index contributed by atoms with van der Waals surface area (Å²) in [6.45, 7) is 4.13. The maximum absolute atomic E-state index is 5.81. The van der Waals surface area contributed by atoms with Crippen LogP contribution in [0.2, 0.25) is 0 Å². The lowest BCUT2D eigenvalue weighted by Crippen LogP contribution is -1.92. The maximum Gasteiger partial charge on any atom is 0.0346 e. The van der Waals surface area contributed by atoms with Crippen LogP contribution in [-0.2, 0) is 0 Å². The third-order valence-corrected chi connectivity index (χ3v) is 2.69. The fourth-order valence-electron chi connectivity index (χ4n) is 1.31. The summed E-state index contributed by atoms with van der Waals surface area (Å²) < 4.78 is 0. The van der Waals surface area contributed by atoms with Gasteiger partial charge in [0.2, 0.25) is 0 Å². The SMILES string of the molecule is Cc1cc(C=CCCBr)c(C)cc1N. The van der Waals surface area contributed by atoms with Crippen LogP contribution in [0.25, 0.3) is 6.08 Å². The number of benzene rings is 1. The quantitative estimate of drug-likeness (QED) is 0.646. The highest BCUT2D eigenvalue weighted by molar-refractivity contribution is 9.09. The highest BCUT2D eigenvalue weighted by atomic mass is 79.9. The summed E-state index contributed by atoms with van der Waals surface area (Å²) in [6.07, 6.45) is 5.39. The highest BCUT2D eigenvalue weighted by Crippen LogP contribution is 2.18. The van der Waals surface area contributed by atoms with Crippen molar-refractivity contribution < 1.29 is 0 Å². The van der Waals surface area contributed by atoms with E-state index in [9.17, 15) is 0 Å². The van der Waals surface area contributed by atoms with E-state index in [-0.39, 0.29) is 0 Å². The van der Waals surface area contributed by atoms with Crippen LogP contribution in [0.3, 0.4) is 0 Å². The second kappa shape index (κ2) is 5.20. The van der Waals surface area contributed by atoms with Crippen LogP contribution in [0.5, 0.6) is 0 Å². The molecule has 0 radical (unpaired) electrons. The van der Waals surface area contributed by atoms with E-state index in [0.717, 1.165) is 23.0 Å². The molecule has 0 unspecified atom stereocenters. The van der Waals surface area contributed by atoms with Crippen LogP contribution >= 0.6 is 15.9 Å². The highest BCUT2D eigenvalue weighted by Gasteiger charge is 1.98. The molecule has 1 nitrogen and oxygen atoms in total. The predicted octanol–water partition coefficient (Wildman–Crippen LogP) is 3.68. The van der Waals surface area contributed by atoms with Gasteiger partial charge in [-0.05, 0) is 49.1 Å². The van der Waals surface area contributed by atoms with Crippen molar-refractivity contribution >= 4 is 27.7 Å². The molecule has 0 saturated carbocycles. The normalized spacial score (nSPS) is 11.1. The summed E-state index contributed by atoms with van der Waals surface area (Å²) >= 11 is 3.40. The fraction of sp³-hybridized carbons (Fsp3) is 0.333. The molecule has 2 heteroatoms. The van der Waals surface area contributed by atoms with Crippen LogP contribution in [0.15, 0.2) is 18.2 Å². The first-order valence-electron chi connectivity index (χ1n) is 4.74. The minimum absolute atomic E-state index is 0.875. The van der Waals surface area contributed by atoms with Gasteiger partial charge in [-0.25, -0.2) is 0 Å². The average Bonchev–Trinajstić information content (AvgIpc) is 2.14. The number of alkyl halides is 1. The molecule has 0 atom stereocenters. The van der Waals surface area contributed by atoms with E-state index in [2.05, 4.69) is 41.1 Å². The lowest BCUT2D eigenvalue weighted by Gasteiger charge is -2.05. The predicted molar refractivity (Wildman–Crippen MR) is 67.8 cm³/mol. The molecule has 1 aromatic rings. The minimum Gasteiger partial charge on any atom is -0.399 e. The van der Waals surface area contributed by atoms with Crippen molar-refractivity contribution in [1.82, 2.24) is 0 Å². The lowest BCUT2D eigenvalue weighted by molar-refractivity contribution is 1.27. The van der Waals surface area contributed by atoms with Gasteiger partial charge in [-0.2, -0.15) is 0 Å². The molecule has 14 heavy (non-hydrogen) atoms. The first-order valence-corrected chi connectivity index (χ1v) is 5.86. The summed E-state index contributed by atoms with van der Waals surface area (Å²) in [6, 6.07) is 4.17. The maximum atomic E-state index is 5.81. The average molecular weight is 254 g/mol. The Kier molecular flexibility index (Phi) is 4.21. The van der Waals surface area contributed by atoms with Gasteiger partial charge in [0.15, 0.2) is 0 Å². The molecule has 0 aromatic heterocycles. The smallest absolute Gasteiger partial charge is 0.0346 e. The molecule has 0 aliphatic heterocycles. The van der Waals surface area contributed by atoms with Gasteiger partial charge in [-0.3, -0.25) is 0 Å². The molecule has 76 valence electrons. The van der Waals surface area contributed by atoms with Crippen molar-refractivity contribution in [3.63, 3.8) is 0 Å². The number of hydrogen-bond donors (Lipinski definition) is 1. The van der Waals surface area contributed by atoms with Crippen LogP contribution in [-0.4, -0.2) is 5.33 Å². The standard InChI is InChI=1S/C12H16BrN/c1-9-8-12(14)10(2)7-11(9)5-3-4-6-13/h3,5,7-8H,4,6,14H2,1-2H3. The largest absolute Gasteiger partial charge is 0.399 e. The zero-order valence-electron chi connectivity index (χ0n) is 8.68. The van der Waals surface area contributed by atoms with Crippen molar-refractivity contribution in [3.8, 4) is 0 Å².